The molecule has 0 aliphatic carbocycles. The minimum Gasteiger partial charge on any atom is -0.480 e. The summed E-state index contributed by atoms with van der Waals surface area (Å²) < 4.78 is 0. The number of rotatable bonds is 1. The highest BCUT2D eigenvalue weighted by Gasteiger charge is 1.81. The van der Waals surface area contributed by atoms with Crippen molar-refractivity contribution in [3.63, 3.8) is 0 Å². The van der Waals surface area contributed by atoms with Crippen LogP contribution in [0.25, 0.3) is 0 Å². The fourth-order valence-electron chi connectivity index (χ4n) is 0. The number of aliphatic carboxylic acids is 1. The largest absolute Gasteiger partial charge is 0.480 e. The molecule has 0 spiro atoms. The Labute approximate surface area is 41.1 Å². The molecule has 0 aromatic heterocycles. The lowest BCUT2D eigenvalue weighted by Crippen LogP contribution is -2.10. The summed E-state index contributed by atoms with van der Waals surface area (Å²) in [5, 5.41) is 7.60. The molecule has 0 heterocycles. The molecule has 0 aromatic carbocycles. The van der Waals surface area contributed by atoms with Crippen LogP contribution in [0.15, 0.2) is 0 Å². The lowest BCUT2D eigenvalue weighted by molar-refractivity contribution is -0.135. The molecule has 5 heteroatoms. The molecule has 0 aliphatic rings. The molecule has 0 bridgehead atoms. The van der Waals surface area contributed by atoms with Crippen LogP contribution in [0.4, 0.5) is 0 Å². The van der Waals surface area contributed by atoms with Crippen molar-refractivity contribution in [1.82, 2.24) is 5.84 Å². The first-order valence-corrected chi connectivity index (χ1v) is 1.45. The zero-order chi connectivity index (χ0) is 6.28. The van der Waals surface area contributed by atoms with E-state index in [0.29, 0.717) is 0 Å². The summed E-state index contributed by atoms with van der Waals surface area (Å²) in [5.74, 6) is 9.03. The van der Waals surface area contributed by atoms with Gasteiger partial charge in [-0.1, -0.05) is 0 Å². The third-order valence-corrected chi connectivity index (χ3v) is 0.175. The number of nitrogens with two attached hydrogens (primary N) is 2. The van der Waals surface area contributed by atoms with Gasteiger partial charge in [0, 0.05) is 0 Å². The maximum absolute atomic E-state index is 9.24. The van der Waals surface area contributed by atoms with Gasteiger partial charge in [-0.3, -0.25) is 4.79 Å². The van der Waals surface area contributed by atoms with Crippen LogP contribution in [0.3, 0.4) is 0 Å². The molecule has 0 fully saturated rings. The third kappa shape index (κ3) is 32.9. The van der Waals surface area contributed by atoms with Gasteiger partial charge < -0.3 is 10.8 Å². The molecule has 2 radical (unpaired) electrons. The van der Waals surface area contributed by atoms with Gasteiger partial charge in [-0.15, -0.1) is 0 Å². The molecule has 7 heavy (non-hydrogen) atoms. The Balaban J connectivity index is 0. The van der Waals surface area contributed by atoms with E-state index in [1.807, 2.05) is 0 Å². The predicted molar refractivity (Wildman–Crippen MR) is 23.0 cm³/mol. The topological polar surface area (TPSA) is 112 Å². The smallest absolute Gasteiger partial charge is 0.317 e. The highest BCUT2D eigenvalue weighted by molar-refractivity contribution is 5.68. The van der Waals surface area contributed by atoms with Crippen molar-refractivity contribution >= 4 is 5.97 Å². The van der Waals surface area contributed by atoms with Gasteiger partial charge in [0.2, 0.25) is 0 Å². The van der Waals surface area contributed by atoms with Crippen LogP contribution in [-0.4, -0.2) is 17.6 Å². The van der Waals surface area contributed by atoms with Gasteiger partial charge in [0.25, 0.3) is 0 Å². The van der Waals surface area contributed by atoms with E-state index in [0.717, 1.165) is 0 Å². The van der Waals surface area contributed by atoms with Crippen molar-refractivity contribution in [2.24, 2.45) is 11.6 Å². The quantitative estimate of drug-likeness (QED) is 0.263. The molecule has 0 atom stereocenters. The summed E-state index contributed by atoms with van der Waals surface area (Å²) in [6.07, 6.45) is 0. The third-order valence-electron chi connectivity index (χ3n) is 0.175. The normalized spacial score (nSPS) is 6.14. The van der Waals surface area contributed by atoms with Crippen LogP contribution >= 0.6 is 0 Å². The van der Waals surface area contributed by atoms with Gasteiger partial charge >= 0.3 is 5.97 Å². The highest BCUT2D eigenvalue weighted by Crippen LogP contribution is 1.43. The Hall–Kier alpha value is -0.650. The number of carboxylic acid groups (broad SMARTS) is 1. The molecule has 42 valence electrons. The van der Waals surface area contributed by atoms with Gasteiger partial charge in [-0.2, -0.15) is 0 Å². The molecule has 0 aromatic rings. The molecular weight excluding hydrogens is 98.0 g/mol. The lowest BCUT2D eigenvalue weighted by Gasteiger charge is -1.73. The van der Waals surface area contributed by atoms with E-state index in [2.05, 4.69) is 11.6 Å². The summed E-state index contributed by atoms with van der Waals surface area (Å²) in [6.45, 7) is -0.278. The Bertz CT molecular complexity index is 46.2. The molecule has 0 rings (SSSR count). The van der Waals surface area contributed by atoms with Crippen molar-refractivity contribution in [2.75, 3.05) is 6.54 Å². The first-order valence-electron chi connectivity index (χ1n) is 1.45. The fourth-order valence-corrected chi connectivity index (χ4v) is 0. The minimum absolute atomic E-state index is 0.278. The monoisotopic (exact) mass is 105 g/mol. The molecule has 5 nitrogen and oxygen atoms in total. The molecule has 0 saturated heterocycles. The molecule has 5 N–H and O–H groups in total. The molecule has 0 unspecified atom stereocenters. The van der Waals surface area contributed by atoms with E-state index in [1.165, 1.54) is 0 Å². The van der Waals surface area contributed by atoms with Crippen molar-refractivity contribution in [3.05, 3.63) is 0 Å². The second-order valence-electron chi connectivity index (χ2n) is 0.598. The average molecular weight is 105 g/mol. The summed E-state index contributed by atoms with van der Waals surface area (Å²) in [4.78, 5) is 9.24. The van der Waals surface area contributed by atoms with Crippen LogP contribution in [0, 0.1) is 0 Å². The second kappa shape index (κ2) is 9.02. The van der Waals surface area contributed by atoms with Crippen molar-refractivity contribution in [3.8, 4) is 0 Å². The van der Waals surface area contributed by atoms with E-state index in [1.54, 1.807) is 0 Å². The SMILES string of the molecule is NCC(=O)O.[N]N. The fraction of sp³-hybridized carbons (Fsp3) is 0.500. The maximum atomic E-state index is 9.24. The molecule has 0 aliphatic heterocycles. The predicted octanol–water partition coefficient (Wildman–Crippen LogP) is -2.04. The van der Waals surface area contributed by atoms with Gasteiger partial charge in [0.1, 0.15) is 0 Å². The van der Waals surface area contributed by atoms with Crippen molar-refractivity contribution < 1.29 is 9.90 Å². The van der Waals surface area contributed by atoms with E-state index >= 15 is 0 Å². The second-order valence-corrected chi connectivity index (χ2v) is 0.598. The Morgan fingerprint density at radius 3 is 1.86 bits per heavy atom. The van der Waals surface area contributed by atoms with Gasteiger partial charge in [-0.25, -0.2) is 5.84 Å². The number of carbonyl (C=O) groups is 1. The standard InChI is InChI=1S/C2H5NO2.H2N2/c3-1-2(4)5;1-2/h1,3H2,(H,4,5);1H2. The summed E-state index contributed by atoms with van der Waals surface area (Å²) in [5.41, 5.74) is 4.57. The minimum atomic E-state index is -0.968. The summed E-state index contributed by atoms with van der Waals surface area (Å²) in [6, 6.07) is 0. The lowest BCUT2D eigenvalue weighted by atomic mass is 10.7. The molecular formula is C2H7N3O2. The average Bonchev–Trinajstić information content (AvgIpc) is 1.73. The van der Waals surface area contributed by atoms with Crippen molar-refractivity contribution in [1.29, 1.82) is 0 Å². The van der Waals surface area contributed by atoms with Crippen LogP contribution in [0.1, 0.15) is 0 Å². The highest BCUT2D eigenvalue weighted by atomic mass is 16.4. The van der Waals surface area contributed by atoms with E-state index in [4.69, 9.17) is 10.9 Å². The van der Waals surface area contributed by atoms with Crippen LogP contribution < -0.4 is 17.4 Å². The zero-order valence-corrected chi connectivity index (χ0v) is 3.66. The molecule has 0 amide bonds. The van der Waals surface area contributed by atoms with E-state index < -0.39 is 5.97 Å². The van der Waals surface area contributed by atoms with E-state index in [-0.39, 0.29) is 6.54 Å². The van der Waals surface area contributed by atoms with Gasteiger partial charge in [-0.05, 0) is 5.84 Å². The Morgan fingerprint density at radius 2 is 1.86 bits per heavy atom. The number of hydrogen-bond donors (Lipinski definition) is 3. The van der Waals surface area contributed by atoms with Crippen LogP contribution in [0.2, 0.25) is 0 Å². The number of nitrogens with zero attached hydrogens (tertiary/aromatic N) is 1. The van der Waals surface area contributed by atoms with Crippen molar-refractivity contribution in [2.45, 2.75) is 0 Å². The van der Waals surface area contributed by atoms with E-state index in [9.17, 15) is 4.79 Å². The first-order chi connectivity index (χ1) is 3.27. The first kappa shape index (κ1) is 9.61. The number of carboxylic acids is 1. The Morgan fingerprint density at radius 1 is 1.71 bits per heavy atom. The van der Waals surface area contributed by atoms with Gasteiger partial charge in [0.05, 0.1) is 6.54 Å². The van der Waals surface area contributed by atoms with Gasteiger partial charge in [0.15, 0.2) is 0 Å². The molecule has 0 saturated carbocycles. The summed E-state index contributed by atoms with van der Waals surface area (Å²) in [7, 11) is 0. The number of hydrogen-bond acceptors (Lipinski definition) is 3. The summed E-state index contributed by atoms with van der Waals surface area (Å²) >= 11 is 0. The maximum Gasteiger partial charge on any atom is 0.317 e. The zero-order valence-electron chi connectivity index (χ0n) is 3.66. The van der Waals surface area contributed by atoms with Crippen LogP contribution in [-0.2, 0) is 4.79 Å². The Kier molecular flexibility index (Phi) is 12.4. The van der Waals surface area contributed by atoms with Crippen LogP contribution in [0.5, 0.6) is 0 Å².